The molecule has 0 unspecified atom stereocenters. The largest absolute Gasteiger partial charge is 0.466 e. The van der Waals surface area contributed by atoms with E-state index < -0.39 is 0 Å². The maximum absolute atomic E-state index is 12.9. The second kappa shape index (κ2) is 5.82. The van der Waals surface area contributed by atoms with Crippen LogP contribution in [0, 0.1) is 28.6 Å². The number of carbonyl (C=O) groups is 2. The molecule has 0 spiro atoms. The van der Waals surface area contributed by atoms with E-state index in [9.17, 15) is 9.59 Å². The van der Waals surface area contributed by atoms with E-state index in [1.165, 1.54) is 0 Å². The number of ketones is 1. The zero-order valence-electron chi connectivity index (χ0n) is 14.9. The Kier molecular flexibility index (Phi) is 4.56. The van der Waals surface area contributed by atoms with Crippen molar-refractivity contribution in [1.29, 1.82) is 0 Å². The Hall–Kier alpha value is -1.12. The van der Waals surface area contributed by atoms with Gasteiger partial charge in [0.2, 0.25) is 0 Å². The van der Waals surface area contributed by atoms with Gasteiger partial charge in [-0.15, -0.1) is 0 Å². The average molecular weight is 306 g/mol. The zero-order valence-corrected chi connectivity index (χ0v) is 14.9. The van der Waals surface area contributed by atoms with Crippen molar-refractivity contribution >= 4 is 11.8 Å². The molecule has 3 atom stereocenters. The summed E-state index contributed by atoms with van der Waals surface area (Å²) < 4.78 is 5.21. The molecule has 3 nitrogen and oxygen atoms in total. The lowest BCUT2D eigenvalue weighted by Gasteiger charge is -2.31. The molecule has 2 rings (SSSR count). The van der Waals surface area contributed by atoms with Gasteiger partial charge in [-0.2, -0.15) is 0 Å². The summed E-state index contributed by atoms with van der Waals surface area (Å²) in [5, 5.41) is 0. The number of fused-ring (bicyclic) bond motifs is 2. The van der Waals surface area contributed by atoms with Gasteiger partial charge in [-0.05, 0) is 49.0 Å². The summed E-state index contributed by atoms with van der Waals surface area (Å²) in [6.45, 7) is 12.9. The van der Waals surface area contributed by atoms with Crippen molar-refractivity contribution in [3.63, 3.8) is 0 Å². The van der Waals surface area contributed by atoms with Gasteiger partial charge >= 0.3 is 5.97 Å². The molecule has 124 valence electrons. The molecule has 3 heteroatoms. The summed E-state index contributed by atoms with van der Waals surface area (Å²) in [5.41, 5.74) is 0.616. The minimum Gasteiger partial charge on any atom is -0.466 e. The Morgan fingerprint density at radius 1 is 1.36 bits per heavy atom. The maximum atomic E-state index is 12.9. The van der Waals surface area contributed by atoms with Crippen LogP contribution in [0.5, 0.6) is 0 Å². The van der Waals surface area contributed by atoms with Crippen LogP contribution in [-0.2, 0) is 14.3 Å². The lowest BCUT2D eigenvalue weighted by molar-refractivity contribution is -0.146. The normalized spacial score (nSPS) is 32.8. The molecular formula is C19H30O3. The van der Waals surface area contributed by atoms with Gasteiger partial charge in [0.25, 0.3) is 0 Å². The third-order valence-electron chi connectivity index (χ3n) is 6.06. The van der Waals surface area contributed by atoms with Crippen LogP contribution >= 0.6 is 0 Å². The first-order valence-corrected chi connectivity index (χ1v) is 8.58. The molecule has 0 N–H and O–H groups in total. The molecule has 2 aliphatic rings. The minimum absolute atomic E-state index is 0.00699. The number of hydrogen-bond acceptors (Lipinski definition) is 3. The number of hydrogen-bond donors (Lipinski definition) is 0. The standard InChI is InChI=1S/C19H30O3/c1-7-22-17(21)13(10-12(2)3)11-14-15-8-9-19(6,16(14)20)18(15,4)5/h11-13,15H,7-10H2,1-6H3/b14-11+/t13-,15+,19+/m1/s1. The topological polar surface area (TPSA) is 43.4 Å². The summed E-state index contributed by atoms with van der Waals surface area (Å²) in [7, 11) is 0. The van der Waals surface area contributed by atoms with Crippen LogP contribution < -0.4 is 0 Å². The summed E-state index contributed by atoms with van der Waals surface area (Å²) in [4.78, 5) is 25.1. The van der Waals surface area contributed by atoms with E-state index in [2.05, 4.69) is 34.6 Å². The molecule has 0 amide bonds. The second-order valence-corrected chi connectivity index (χ2v) is 8.08. The third-order valence-corrected chi connectivity index (χ3v) is 6.06. The Balaban J connectivity index is 2.33. The van der Waals surface area contributed by atoms with Crippen molar-refractivity contribution in [2.24, 2.45) is 28.6 Å². The van der Waals surface area contributed by atoms with Gasteiger partial charge < -0.3 is 4.74 Å². The molecule has 2 saturated carbocycles. The van der Waals surface area contributed by atoms with Gasteiger partial charge in [0.05, 0.1) is 12.5 Å². The quantitative estimate of drug-likeness (QED) is 0.566. The SMILES string of the molecule is CCOC(=O)[C@@H](/C=C1/C(=O)[C@]2(C)CC[C@@H]1C2(C)C)CC(C)C. The molecule has 2 fully saturated rings. The Bertz CT molecular complexity index is 501. The van der Waals surface area contributed by atoms with Crippen LogP contribution in [-0.4, -0.2) is 18.4 Å². The number of carbonyl (C=O) groups excluding carboxylic acids is 2. The Labute approximate surface area is 134 Å². The fraction of sp³-hybridized carbons (Fsp3) is 0.789. The molecule has 0 aliphatic heterocycles. The van der Waals surface area contributed by atoms with Crippen molar-refractivity contribution in [2.45, 2.75) is 60.8 Å². The van der Waals surface area contributed by atoms with Crippen molar-refractivity contribution in [2.75, 3.05) is 6.61 Å². The predicted octanol–water partition coefficient (Wildman–Crippen LogP) is 4.16. The van der Waals surface area contributed by atoms with Gasteiger partial charge in [-0.1, -0.05) is 40.7 Å². The third kappa shape index (κ3) is 2.53. The number of allylic oxidation sites excluding steroid dienone is 1. The molecular weight excluding hydrogens is 276 g/mol. The second-order valence-electron chi connectivity index (χ2n) is 8.08. The Morgan fingerprint density at radius 2 is 2.00 bits per heavy atom. The van der Waals surface area contributed by atoms with Crippen LogP contribution in [0.2, 0.25) is 0 Å². The monoisotopic (exact) mass is 306 g/mol. The summed E-state index contributed by atoms with van der Waals surface area (Å²) in [6.07, 6.45) is 4.70. The number of esters is 1. The highest BCUT2D eigenvalue weighted by molar-refractivity contribution is 6.05. The van der Waals surface area contributed by atoms with Gasteiger partial charge in [0.15, 0.2) is 5.78 Å². The van der Waals surface area contributed by atoms with E-state index in [4.69, 9.17) is 4.74 Å². The molecule has 0 aromatic carbocycles. The van der Waals surface area contributed by atoms with Crippen molar-refractivity contribution < 1.29 is 14.3 Å². The smallest absolute Gasteiger partial charge is 0.312 e. The first-order valence-electron chi connectivity index (χ1n) is 8.58. The highest BCUT2D eigenvalue weighted by Crippen LogP contribution is 2.65. The molecule has 0 aromatic rings. The molecule has 0 radical (unpaired) electrons. The summed E-state index contributed by atoms with van der Waals surface area (Å²) >= 11 is 0. The van der Waals surface area contributed by atoms with Crippen LogP contribution in [0.25, 0.3) is 0 Å². The molecule has 22 heavy (non-hydrogen) atoms. The van der Waals surface area contributed by atoms with Crippen LogP contribution in [0.3, 0.4) is 0 Å². The lowest BCUT2D eigenvalue weighted by atomic mass is 9.70. The molecule has 0 aromatic heterocycles. The molecule has 2 bridgehead atoms. The van der Waals surface area contributed by atoms with E-state index in [0.29, 0.717) is 12.5 Å². The van der Waals surface area contributed by atoms with Crippen LogP contribution in [0.4, 0.5) is 0 Å². The Morgan fingerprint density at radius 3 is 2.45 bits per heavy atom. The van der Waals surface area contributed by atoms with Crippen LogP contribution in [0.1, 0.15) is 60.8 Å². The van der Waals surface area contributed by atoms with E-state index in [1.54, 1.807) is 0 Å². The van der Waals surface area contributed by atoms with E-state index in [1.807, 2.05) is 13.0 Å². The van der Waals surface area contributed by atoms with Gasteiger partial charge in [0, 0.05) is 5.41 Å². The predicted molar refractivity (Wildman–Crippen MR) is 87.3 cm³/mol. The van der Waals surface area contributed by atoms with E-state index in [-0.39, 0.29) is 34.4 Å². The van der Waals surface area contributed by atoms with E-state index >= 15 is 0 Å². The average Bonchev–Trinajstić information content (AvgIpc) is 2.72. The maximum Gasteiger partial charge on any atom is 0.312 e. The highest BCUT2D eigenvalue weighted by atomic mass is 16.5. The molecule has 0 heterocycles. The minimum atomic E-state index is -0.294. The van der Waals surface area contributed by atoms with E-state index in [0.717, 1.165) is 24.8 Å². The number of rotatable bonds is 5. The fourth-order valence-electron chi connectivity index (χ4n) is 4.33. The molecule has 0 saturated heterocycles. The summed E-state index contributed by atoms with van der Waals surface area (Å²) in [5.74, 6) is 0.448. The number of Topliss-reactive ketones (excluding diaryl/α,β-unsaturated/α-hetero) is 1. The highest BCUT2D eigenvalue weighted by Gasteiger charge is 2.63. The lowest BCUT2D eigenvalue weighted by Crippen LogP contribution is -2.32. The van der Waals surface area contributed by atoms with Crippen molar-refractivity contribution in [3.05, 3.63) is 11.6 Å². The molecule has 2 aliphatic carbocycles. The van der Waals surface area contributed by atoms with Crippen LogP contribution in [0.15, 0.2) is 11.6 Å². The zero-order chi connectivity index (χ0) is 16.7. The van der Waals surface area contributed by atoms with Gasteiger partial charge in [-0.3, -0.25) is 9.59 Å². The van der Waals surface area contributed by atoms with Crippen molar-refractivity contribution in [1.82, 2.24) is 0 Å². The fourth-order valence-corrected chi connectivity index (χ4v) is 4.33. The van der Waals surface area contributed by atoms with Gasteiger partial charge in [0.1, 0.15) is 0 Å². The first-order chi connectivity index (χ1) is 10.1. The van der Waals surface area contributed by atoms with Crippen molar-refractivity contribution in [3.8, 4) is 0 Å². The first kappa shape index (κ1) is 17.2. The number of ether oxygens (including phenoxy) is 1. The van der Waals surface area contributed by atoms with Gasteiger partial charge in [-0.25, -0.2) is 0 Å². The summed E-state index contributed by atoms with van der Waals surface area (Å²) in [6, 6.07) is 0.